The lowest BCUT2D eigenvalue weighted by molar-refractivity contribution is -0.295. The third-order valence-corrected chi connectivity index (χ3v) is 10.4. The number of hydrogen-bond acceptors (Lipinski definition) is 14. The summed E-state index contributed by atoms with van der Waals surface area (Å²) in [7, 11) is -4.22. The number of esters is 3. The maximum atomic E-state index is 13.1. The highest BCUT2D eigenvalue weighted by molar-refractivity contribution is 7.89. The van der Waals surface area contributed by atoms with Gasteiger partial charge < -0.3 is 38.5 Å². The molecule has 0 bridgehead atoms. The van der Waals surface area contributed by atoms with Gasteiger partial charge in [0.25, 0.3) is 0 Å². The number of unbranched alkanes of at least 4 members (excludes halogenated alkanes) is 2. The van der Waals surface area contributed by atoms with Crippen molar-refractivity contribution in [2.45, 2.75) is 88.1 Å². The van der Waals surface area contributed by atoms with Crippen LogP contribution < -0.4 is 10.5 Å². The van der Waals surface area contributed by atoms with Crippen LogP contribution >= 0.6 is 23.2 Å². The molecule has 306 valence electrons. The number of carbonyl (C=O) groups is 4. The van der Waals surface area contributed by atoms with Gasteiger partial charge in [-0.05, 0) is 82.9 Å². The molecule has 0 radical (unpaired) electrons. The Morgan fingerprint density at radius 1 is 0.946 bits per heavy atom. The molecule has 19 heteroatoms. The molecule has 1 aliphatic rings. The van der Waals surface area contributed by atoms with E-state index >= 15 is 0 Å². The van der Waals surface area contributed by atoms with Crippen molar-refractivity contribution in [1.82, 2.24) is 4.90 Å². The average molecular weight is 843 g/mol. The Labute approximate surface area is 334 Å². The molecule has 1 aliphatic heterocycles. The summed E-state index contributed by atoms with van der Waals surface area (Å²) in [6.07, 6.45) is 2.05. The highest BCUT2D eigenvalue weighted by Crippen LogP contribution is 2.40. The van der Waals surface area contributed by atoms with Gasteiger partial charge >= 0.3 is 24.0 Å². The number of benzene rings is 2. The number of nitrogens with one attached hydrogen (secondary N) is 1. The minimum Gasteiger partial charge on any atom is -0.467 e. The fraction of sp³-hybridized carbons (Fsp3) is 0.459. The summed E-state index contributed by atoms with van der Waals surface area (Å²) in [6, 6.07) is 11.3. The second kappa shape index (κ2) is 19.7. The first-order valence-corrected chi connectivity index (χ1v) is 19.9. The number of primary sulfonamides is 1. The molecule has 4 rings (SSSR count). The molecule has 0 unspecified atom stereocenters. The smallest absolute Gasteiger partial charge is 0.413 e. The largest absolute Gasteiger partial charge is 0.467 e. The van der Waals surface area contributed by atoms with Crippen molar-refractivity contribution in [3.8, 4) is 0 Å². The monoisotopic (exact) mass is 841 g/mol. The van der Waals surface area contributed by atoms with Crippen LogP contribution in [-0.2, 0) is 55.6 Å². The third-order valence-electron chi connectivity index (χ3n) is 8.77. The van der Waals surface area contributed by atoms with E-state index in [0.717, 1.165) is 6.07 Å². The number of ether oxygens (including phenoxy) is 5. The minimum atomic E-state index is -4.22. The number of sulfonamides is 1. The molecule has 4 N–H and O–H groups in total. The van der Waals surface area contributed by atoms with Gasteiger partial charge in [-0.1, -0.05) is 35.3 Å². The van der Waals surface area contributed by atoms with Crippen molar-refractivity contribution in [1.29, 1.82) is 0 Å². The molecular weight excluding hydrogens is 797 g/mol. The van der Waals surface area contributed by atoms with Crippen molar-refractivity contribution < 1.29 is 60.8 Å². The highest BCUT2D eigenvalue weighted by atomic mass is 35.5. The molecule has 0 spiro atoms. The fourth-order valence-corrected chi connectivity index (χ4v) is 7.13. The SMILES string of the molecule is C[C@@H]1N(C(=O)OCOC(=O)CCCC(=O)OCCCCCOC(=O)c2cc(S(N)(=O)=O)c(Cl)cc2NCc2ccco2)C(C)(C)CO[C@@]1(O)c1cccc(Cl)c1. The van der Waals surface area contributed by atoms with E-state index in [1.54, 1.807) is 57.2 Å². The Morgan fingerprint density at radius 2 is 1.64 bits per heavy atom. The predicted octanol–water partition coefficient (Wildman–Crippen LogP) is 5.87. The maximum absolute atomic E-state index is 13.1. The Balaban J connectivity index is 1.11. The predicted molar refractivity (Wildman–Crippen MR) is 202 cm³/mol. The number of nitrogens with zero attached hydrogens (tertiary/aromatic N) is 1. The summed E-state index contributed by atoms with van der Waals surface area (Å²) in [6.45, 7) is 4.68. The van der Waals surface area contributed by atoms with Gasteiger partial charge in [0, 0.05) is 23.4 Å². The van der Waals surface area contributed by atoms with E-state index < -0.39 is 63.1 Å². The molecule has 2 heterocycles. The number of furan rings is 1. The molecule has 16 nitrogen and oxygen atoms in total. The maximum Gasteiger partial charge on any atom is 0.413 e. The Kier molecular flexibility index (Phi) is 15.6. The van der Waals surface area contributed by atoms with Crippen LogP contribution in [0.15, 0.2) is 64.1 Å². The van der Waals surface area contributed by atoms with Gasteiger partial charge in [0.15, 0.2) is 0 Å². The fourth-order valence-electron chi connectivity index (χ4n) is 5.85. The third kappa shape index (κ3) is 12.1. The Morgan fingerprint density at radius 3 is 2.30 bits per heavy atom. The summed E-state index contributed by atoms with van der Waals surface area (Å²) in [5.41, 5.74) is -0.370. The van der Waals surface area contributed by atoms with E-state index in [1.165, 1.54) is 17.2 Å². The van der Waals surface area contributed by atoms with E-state index in [0.29, 0.717) is 35.6 Å². The molecule has 56 heavy (non-hydrogen) atoms. The van der Waals surface area contributed by atoms with Crippen molar-refractivity contribution in [2.75, 3.05) is 31.9 Å². The van der Waals surface area contributed by atoms with Crippen molar-refractivity contribution in [3.05, 3.63) is 81.7 Å². The van der Waals surface area contributed by atoms with Crippen LogP contribution in [0.25, 0.3) is 0 Å². The van der Waals surface area contributed by atoms with Crippen molar-refractivity contribution in [2.24, 2.45) is 5.14 Å². The summed E-state index contributed by atoms with van der Waals surface area (Å²) in [5, 5.41) is 19.8. The van der Waals surface area contributed by atoms with E-state index in [1.807, 2.05) is 0 Å². The van der Waals surface area contributed by atoms with Gasteiger partial charge in [0.2, 0.25) is 22.6 Å². The number of nitrogens with two attached hydrogens (primary N) is 1. The lowest BCUT2D eigenvalue weighted by atomic mass is 9.90. The molecule has 1 aromatic heterocycles. The zero-order chi connectivity index (χ0) is 41.1. The summed E-state index contributed by atoms with van der Waals surface area (Å²) >= 11 is 12.2. The topological polar surface area (TPSA) is 223 Å². The first kappa shape index (κ1) is 44.3. The molecule has 2 atom stereocenters. The van der Waals surface area contributed by atoms with Crippen LogP contribution in [0.2, 0.25) is 10.0 Å². The van der Waals surface area contributed by atoms with E-state index in [9.17, 15) is 32.7 Å². The van der Waals surface area contributed by atoms with Crippen molar-refractivity contribution in [3.63, 3.8) is 0 Å². The van der Waals surface area contributed by atoms with Crippen LogP contribution in [0.5, 0.6) is 0 Å². The molecule has 3 aromatic rings. The lowest BCUT2D eigenvalue weighted by Gasteiger charge is -2.52. The van der Waals surface area contributed by atoms with Gasteiger partial charge in [-0.2, -0.15) is 0 Å². The van der Waals surface area contributed by atoms with E-state index in [2.05, 4.69) is 5.32 Å². The van der Waals surface area contributed by atoms with Gasteiger partial charge in [-0.25, -0.2) is 23.1 Å². The summed E-state index contributed by atoms with van der Waals surface area (Å²) in [5.74, 6) is -3.31. The minimum absolute atomic E-state index is 0.00359. The quantitative estimate of drug-likeness (QED) is 0.0590. The standard InChI is InChI=1S/C37H45Cl2N3O13S/c1-24-37(47,25-10-7-11-26(38)18-25)55-22-36(2,3)42(24)35(46)54-23-53-33(44)14-8-13-32(43)51-15-5-4-6-16-52-34(45)28-19-31(56(40,48)49)29(39)20-30(28)41-21-27-12-9-17-50-27/h7,9-12,17-20,24,41,47H,4-6,8,13-16,21-23H2,1-3H3,(H2,40,48,49)/t24-,37+/m0/s1. The number of morpholine rings is 1. The molecule has 0 saturated carbocycles. The van der Waals surface area contributed by atoms with Crippen LogP contribution in [0.1, 0.15) is 81.0 Å². The van der Waals surface area contributed by atoms with E-state index in [4.69, 9.17) is 56.4 Å². The van der Waals surface area contributed by atoms with Crippen LogP contribution in [-0.4, -0.2) is 80.6 Å². The highest BCUT2D eigenvalue weighted by Gasteiger charge is 2.53. The molecular formula is C37H45Cl2N3O13S. The van der Waals surface area contributed by atoms with Crippen LogP contribution in [0, 0.1) is 0 Å². The van der Waals surface area contributed by atoms with Gasteiger partial charge in [-0.15, -0.1) is 0 Å². The van der Waals surface area contributed by atoms with Crippen molar-refractivity contribution >= 4 is 62.9 Å². The number of aliphatic hydroxyl groups is 1. The molecule has 1 fully saturated rings. The number of rotatable bonds is 18. The van der Waals surface area contributed by atoms with E-state index in [-0.39, 0.29) is 61.9 Å². The first-order chi connectivity index (χ1) is 26.4. The number of amides is 1. The van der Waals surface area contributed by atoms with Crippen LogP contribution in [0.4, 0.5) is 10.5 Å². The van der Waals surface area contributed by atoms with Gasteiger partial charge in [-0.3, -0.25) is 14.5 Å². The zero-order valence-corrected chi connectivity index (χ0v) is 33.4. The van der Waals surface area contributed by atoms with Gasteiger partial charge in [0.05, 0.1) is 60.5 Å². The summed E-state index contributed by atoms with van der Waals surface area (Å²) < 4.78 is 55.8. The summed E-state index contributed by atoms with van der Waals surface area (Å²) in [4.78, 5) is 51.3. The zero-order valence-electron chi connectivity index (χ0n) is 31.1. The Hall–Kier alpha value is -4.39. The lowest BCUT2D eigenvalue weighted by Crippen LogP contribution is -2.66. The first-order valence-electron chi connectivity index (χ1n) is 17.6. The number of anilines is 1. The normalized spacial score (nSPS) is 17.8. The Bertz CT molecular complexity index is 1960. The molecule has 2 aromatic carbocycles. The number of halogens is 2. The number of carbonyl (C=O) groups excluding carboxylic acids is 4. The van der Waals surface area contributed by atoms with Crippen LogP contribution in [0.3, 0.4) is 0 Å². The van der Waals surface area contributed by atoms with Gasteiger partial charge in [0.1, 0.15) is 10.7 Å². The molecule has 1 amide bonds. The second-order valence-corrected chi connectivity index (χ2v) is 15.8. The second-order valence-electron chi connectivity index (χ2n) is 13.5. The average Bonchev–Trinajstić information content (AvgIpc) is 3.65. The molecule has 1 saturated heterocycles. The number of hydrogen-bond donors (Lipinski definition) is 3. The molecule has 0 aliphatic carbocycles.